The minimum absolute atomic E-state index is 0.311. The van der Waals surface area contributed by atoms with Crippen LogP contribution in [0.15, 0.2) is 66.9 Å². The fraction of sp³-hybridized carbons (Fsp3) is 0.0870. The molecule has 2 aromatic heterocycles. The van der Waals surface area contributed by atoms with Crippen LogP contribution in [-0.2, 0) is 12.8 Å². The Morgan fingerprint density at radius 1 is 1.03 bits per heavy atom. The van der Waals surface area contributed by atoms with Crippen LogP contribution in [0.25, 0.3) is 22.6 Å². The van der Waals surface area contributed by atoms with Gasteiger partial charge in [0.2, 0.25) is 0 Å². The van der Waals surface area contributed by atoms with Crippen molar-refractivity contribution < 1.29 is 4.39 Å². The summed E-state index contributed by atoms with van der Waals surface area (Å²) in [5, 5.41) is 9.93. The van der Waals surface area contributed by atoms with Crippen molar-refractivity contribution in [1.82, 2.24) is 15.0 Å². The number of nitrogens with one attached hydrogen (secondary N) is 1. The quantitative estimate of drug-likeness (QED) is 0.473. The van der Waals surface area contributed by atoms with E-state index in [1.807, 2.05) is 24.3 Å². The zero-order chi connectivity index (χ0) is 20.2. The molecule has 2 aromatic carbocycles. The van der Waals surface area contributed by atoms with Gasteiger partial charge in [0.25, 0.3) is 0 Å². The predicted octanol–water partition coefficient (Wildman–Crippen LogP) is 5.59. The maximum Gasteiger partial charge on any atom is 0.123 e. The van der Waals surface area contributed by atoms with Crippen LogP contribution in [0.5, 0.6) is 0 Å². The first-order valence-corrected chi connectivity index (χ1v) is 9.46. The molecule has 2 heterocycles. The van der Waals surface area contributed by atoms with Crippen molar-refractivity contribution in [2.45, 2.75) is 12.8 Å². The van der Waals surface area contributed by atoms with Gasteiger partial charge < -0.3 is 4.98 Å². The first kappa shape index (κ1) is 18.9. The third-order valence-corrected chi connectivity index (χ3v) is 4.97. The van der Waals surface area contributed by atoms with Gasteiger partial charge in [-0.05, 0) is 54.4 Å². The van der Waals surface area contributed by atoms with E-state index < -0.39 is 0 Å². The number of nitrogens with zero attached hydrogens (tertiary/aromatic N) is 3. The highest BCUT2D eigenvalue weighted by atomic mass is 35.5. The predicted molar refractivity (Wildman–Crippen MR) is 111 cm³/mol. The molecule has 0 aliphatic heterocycles. The first-order chi connectivity index (χ1) is 14.1. The maximum atomic E-state index is 13.4. The molecule has 0 saturated heterocycles. The number of hydrogen-bond donors (Lipinski definition) is 1. The van der Waals surface area contributed by atoms with E-state index in [1.54, 1.807) is 30.5 Å². The topological polar surface area (TPSA) is 65.4 Å². The van der Waals surface area contributed by atoms with Crippen LogP contribution in [0.3, 0.4) is 0 Å². The summed E-state index contributed by atoms with van der Waals surface area (Å²) in [4.78, 5) is 12.5. The van der Waals surface area contributed by atoms with Gasteiger partial charge in [0.05, 0.1) is 28.7 Å². The Balaban J connectivity index is 1.73. The normalized spacial score (nSPS) is 10.7. The highest BCUT2D eigenvalue weighted by Crippen LogP contribution is 2.30. The first-order valence-electron chi connectivity index (χ1n) is 9.09. The van der Waals surface area contributed by atoms with E-state index in [9.17, 15) is 9.65 Å². The molecule has 6 heteroatoms. The van der Waals surface area contributed by atoms with Gasteiger partial charge >= 0.3 is 0 Å². The number of aromatic nitrogens is 3. The molecular weight excluding hydrogens is 387 g/mol. The van der Waals surface area contributed by atoms with Crippen LogP contribution in [0, 0.1) is 17.1 Å². The zero-order valence-electron chi connectivity index (χ0n) is 15.4. The molecule has 142 valence electrons. The number of hydrogen-bond acceptors (Lipinski definition) is 3. The van der Waals surface area contributed by atoms with Crippen LogP contribution in [-0.4, -0.2) is 15.0 Å². The monoisotopic (exact) mass is 402 g/mol. The summed E-state index contributed by atoms with van der Waals surface area (Å²) in [6.07, 6.45) is 2.96. The van der Waals surface area contributed by atoms with Crippen molar-refractivity contribution in [3.63, 3.8) is 0 Å². The van der Waals surface area contributed by atoms with E-state index >= 15 is 0 Å². The highest BCUT2D eigenvalue weighted by Gasteiger charge is 2.16. The van der Waals surface area contributed by atoms with Gasteiger partial charge in [-0.2, -0.15) is 5.26 Å². The van der Waals surface area contributed by atoms with Crippen LogP contribution in [0.1, 0.15) is 17.0 Å². The van der Waals surface area contributed by atoms with Crippen LogP contribution >= 0.6 is 11.6 Å². The Morgan fingerprint density at radius 2 is 1.83 bits per heavy atom. The van der Waals surface area contributed by atoms with Gasteiger partial charge in [-0.1, -0.05) is 29.8 Å². The summed E-state index contributed by atoms with van der Waals surface area (Å²) in [6.45, 7) is 0. The Bertz CT molecular complexity index is 1190. The molecule has 0 amide bonds. The van der Waals surface area contributed by atoms with Crippen molar-refractivity contribution in [3.05, 3.63) is 94.7 Å². The van der Waals surface area contributed by atoms with Gasteiger partial charge in [-0.15, -0.1) is 0 Å². The fourth-order valence-electron chi connectivity index (χ4n) is 3.13. The van der Waals surface area contributed by atoms with E-state index in [0.29, 0.717) is 29.1 Å². The average molecular weight is 403 g/mol. The number of imidazole rings is 1. The lowest BCUT2D eigenvalue weighted by Crippen LogP contribution is -1.94. The zero-order valence-corrected chi connectivity index (χ0v) is 16.1. The molecule has 0 fully saturated rings. The molecule has 0 atom stereocenters. The number of benzene rings is 2. The number of nitriles is 1. The minimum Gasteiger partial charge on any atom is -0.340 e. The van der Waals surface area contributed by atoms with Crippen molar-refractivity contribution in [2.24, 2.45) is 0 Å². The Hall–Kier alpha value is -3.49. The van der Waals surface area contributed by atoms with Gasteiger partial charge in [0.1, 0.15) is 11.6 Å². The van der Waals surface area contributed by atoms with E-state index in [0.717, 1.165) is 28.4 Å². The van der Waals surface area contributed by atoms with Crippen molar-refractivity contribution in [1.29, 1.82) is 5.26 Å². The average Bonchev–Trinajstić information content (AvgIpc) is 3.18. The van der Waals surface area contributed by atoms with Gasteiger partial charge in [-0.25, -0.2) is 9.37 Å². The lowest BCUT2D eigenvalue weighted by Gasteiger charge is -2.03. The second kappa shape index (κ2) is 8.26. The van der Waals surface area contributed by atoms with E-state index in [1.165, 1.54) is 12.1 Å². The molecule has 29 heavy (non-hydrogen) atoms. The van der Waals surface area contributed by atoms with Crippen molar-refractivity contribution >= 4 is 11.6 Å². The molecule has 0 spiro atoms. The van der Waals surface area contributed by atoms with Crippen LogP contribution in [0.2, 0.25) is 5.02 Å². The van der Waals surface area contributed by atoms with Gasteiger partial charge in [-0.3, -0.25) is 4.98 Å². The number of halogens is 2. The number of rotatable bonds is 5. The van der Waals surface area contributed by atoms with Crippen LogP contribution < -0.4 is 0 Å². The SMILES string of the molecule is N#Cc1ccnc(-c2[nH]c(CCc3ccccc3Cl)nc2-c2ccc(F)cc2)c1. The molecule has 0 aliphatic rings. The van der Waals surface area contributed by atoms with Crippen LogP contribution in [0.4, 0.5) is 4.39 Å². The molecular formula is C23H16ClFN4. The smallest absolute Gasteiger partial charge is 0.123 e. The molecule has 4 rings (SSSR count). The Labute approximate surface area is 172 Å². The lowest BCUT2D eigenvalue weighted by molar-refractivity contribution is 0.628. The standard InChI is InChI=1S/C23H16ClFN4/c24-19-4-2-1-3-16(19)7-10-21-28-22(17-5-8-18(25)9-6-17)23(29-21)20-13-15(14-26)11-12-27-20/h1-6,8-9,11-13H,7,10H2,(H,28,29). The molecule has 4 nitrogen and oxygen atoms in total. The van der Waals surface area contributed by atoms with E-state index in [2.05, 4.69) is 16.0 Å². The maximum absolute atomic E-state index is 13.4. The third kappa shape index (κ3) is 4.18. The van der Waals surface area contributed by atoms with Gasteiger partial charge in [0.15, 0.2) is 0 Å². The van der Waals surface area contributed by atoms with E-state index in [4.69, 9.17) is 16.6 Å². The largest absolute Gasteiger partial charge is 0.340 e. The second-order valence-electron chi connectivity index (χ2n) is 6.55. The third-order valence-electron chi connectivity index (χ3n) is 4.60. The summed E-state index contributed by atoms with van der Waals surface area (Å²) in [6, 6.07) is 19.4. The minimum atomic E-state index is -0.311. The summed E-state index contributed by atoms with van der Waals surface area (Å²) < 4.78 is 13.4. The Morgan fingerprint density at radius 3 is 2.59 bits per heavy atom. The molecule has 0 saturated carbocycles. The molecule has 0 aliphatic carbocycles. The second-order valence-corrected chi connectivity index (χ2v) is 6.95. The summed E-state index contributed by atoms with van der Waals surface area (Å²) in [5.74, 6) is 0.456. The molecule has 0 unspecified atom stereocenters. The number of aromatic amines is 1. The number of H-pyrrole nitrogens is 1. The number of aryl methyl sites for hydroxylation is 2. The molecule has 4 aromatic rings. The van der Waals surface area contributed by atoms with Crippen molar-refractivity contribution in [3.8, 4) is 28.7 Å². The Kier molecular flexibility index (Phi) is 5.37. The number of pyridine rings is 1. The summed E-state index contributed by atoms with van der Waals surface area (Å²) in [5.41, 5.74) is 4.29. The van der Waals surface area contributed by atoms with Crippen molar-refractivity contribution in [2.75, 3.05) is 0 Å². The van der Waals surface area contributed by atoms with E-state index in [-0.39, 0.29) is 5.82 Å². The fourth-order valence-corrected chi connectivity index (χ4v) is 3.36. The molecule has 1 N–H and O–H groups in total. The highest BCUT2D eigenvalue weighted by molar-refractivity contribution is 6.31. The van der Waals surface area contributed by atoms with Gasteiger partial charge in [0, 0.05) is 23.2 Å². The summed E-state index contributed by atoms with van der Waals surface area (Å²) in [7, 11) is 0. The molecule has 0 radical (unpaired) electrons. The molecule has 0 bridgehead atoms. The summed E-state index contributed by atoms with van der Waals surface area (Å²) >= 11 is 6.26. The lowest BCUT2D eigenvalue weighted by atomic mass is 10.1.